The van der Waals surface area contributed by atoms with Crippen LogP contribution in [0.2, 0.25) is 0 Å². The Labute approximate surface area is 267 Å². The Balaban J connectivity index is 0.000000738. The molecule has 1 saturated heterocycles. The van der Waals surface area contributed by atoms with Gasteiger partial charge in [0.05, 0.1) is 11.7 Å². The summed E-state index contributed by atoms with van der Waals surface area (Å²) in [7, 11) is 1.27. The van der Waals surface area contributed by atoms with Gasteiger partial charge in [-0.05, 0) is 12.5 Å². The Morgan fingerprint density at radius 3 is 2.59 bits per heavy atom. The summed E-state index contributed by atoms with van der Waals surface area (Å²) in [5.41, 5.74) is 6.31. The second-order valence-electron chi connectivity index (χ2n) is 9.47. The summed E-state index contributed by atoms with van der Waals surface area (Å²) in [6.45, 7) is 2.73. The molecule has 46 heavy (non-hydrogen) atoms. The Kier molecular flexibility index (Phi) is 12.1. The van der Waals surface area contributed by atoms with Crippen molar-refractivity contribution in [3.05, 3.63) is 52.4 Å². The molecule has 2 aliphatic rings. The topological polar surface area (TPSA) is 220 Å². The van der Waals surface area contributed by atoms with Crippen LogP contribution in [0.4, 0.5) is 18.3 Å². The molecule has 0 saturated carbocycles. The van der Waals surface area contributed by atoms with Crippen molar-refractivity contribution in [1.82, 2.24) is 20.5 Å². The Bertz CT molecular complexity index is 1560. The molecule has 3 amide bonds. The second-order valence-corrected chi connectivity index (χ2v) is 11.5. The number of thioether (sulfide) groups is 1. The lowest BCUT2D eigenvalue weighted by Gasteiger charge is -2.50. The predicted octanol–water partition coefficient (Wildman–Crippen LogP) is -0.369. The number of pyridine rings is 1. The molecule has 2 aliphatic heterocycles. The number of oxime groups is 1. The van der Waals surface area contributed by atoms with Gasteiger partial charge in [-0.25, -0.2) is 14.3 Å². The van der Waals surface area contributed by atoms with Gasteiger partial charge in [-0.1, -0.05) is 18.5 Å². The van der Waals surface area contributed by atoms with Crippen LogP contribution in [0.5, 0.6) is 0 Å². The summed E-state index contributed by atoms with van der Waals surface area (Å²) in [6.07, 6.45) is 0.0731. The van der Waals surface area contributed by atoms with Crippen molar-refractivity contribution in [3.63, 3.8) is 0 Å². The number of aliphatic carboxylic acids is 2. The molecule has 20 heteroatoms. The normalized spacial score (nSPS) is 17.6. The highest BCUT2D eigenvalue weighted by Crippen LogP contribution is 2.40. The second kappa shape index (κ2) is 15.5. The van der Waals surface area contributed by atoms with Gasteiger partial charge < -0.3 is 36.2 Å². The van der Waals surface area contributed by atoms with Crippen molar-refractivity contribution in [1.29, 1.82) is 0 Å². The lowest BCUT2D eigenvalue weighted by Crippen LogP contribution is -2.71. The number of nitrogens with one attached hydrogen (secondary N) is 2. The number of carboxylic acid groups (broad SMARTS) is 2. The van der Waals surface area contributed by atoms with E-state index in [1.165, 1.54) is 24.3 Å². The number of amides is 3. The molecule has 0 spiro atoms. The number of nitrogens with two attached hydrogens (primary N) is 1. The minimum absolute atomic E-state index is 0.135. The number of nitrogen functional groups attached to an aromatic ring is 1. The lowest BCUT2D eigenvalue weighted by atomic mass is 10.0. The lowest BCUT2D eigenvalue weighted by molar-refractivity contribution is -0.689. The molecule has 0 bridgehead atoms. The zero-order valence-electron chi connectivity index (χ0n) is 24.2. The number of unbranched alkanes of at least 4 members (excludes halogenated alkanes) is 1. The van der Waals surface area contributed by atoms with Gasteiger partial charge in [0.25, 0.3) is 17.7 Å². The van der Waals surface area contributed by atoms with E-state index >= 15 is 0 Å². The van der Waals surface area contributed by atoms with Gasteiger partial charge in [0.1, 0.15) is 29.8 Å². The third-order valence-corrected chi connectivity index (χ3v) is 8.26. The van der Waals surface area contributed by atoms with Crippen molar-refractivity contribution in [2.45, 2.75) is 43.9 Å². The highest BCUT2D eigenvalue weighted by Gasteiger charge is 2.53. The van der Waals surface area contributed by atoms with Crippen LogP contribution in [0.25, 0.3) is 0 Å². The maximum atomic E-state index is 13.0. The fraction of sp³-hybridized carbons (Fsp3) is 0.385. The Hall–Kier alpha value is -4.72. The highest BCUT2D eigenvalue weighted by atomic mass is 32.2. The zero-order chi connectivity index (χ0) is 34.2. The largest absolute Gasteiger partial charge is 0.543 e. The van der Waals surface area contributed by atoms with Gasteiger partial charge in [0, 0.05) is 29.3 Å². The number of nitrogens with zero attached hydrogens (tertiary/aromatic N) is 4. The first-order chi connectivity index (χ1) is 21.7. The summed E-state index contributed by atoms with van der Waals surface area (Å²) in [5.74, 6) is -5.52. The molecule has 0 radical (unpaired) electrons. The number of carboxylic acids is 2. The average molecular weight is 688 g/mol. The van der Waals surface area contributed by atoms with E-state index in [1.807, 2.05) is 6.92 Å². The molecule has 2 aromatic heterocycles. The number of alkyl halides is 3. The summed E-state index contributed by atoms with van der Waals surface area (Å²) >= 11 is 2.42. The number of carbonyl (C=O) groups is 5. The van der Waals surface area contributed by atoms with E-state index in [0.717, 1.165) is 29.1 Å². The van der Waals surface area contributed by atoms with Crippen molar-refractivity contribution in [2.24, 2.45) is 5.16 Å². The Morgan fingerprint density at radius 2 is 2.02 bits per heavy atom. The number of β-lactam (4-membered cyclic amide) rings is 1. The average Bonchev–Trinajstić information content (AvgIpc) is 3.43. The molecule has 0 aliphatic carbocycles. The maximum absolute atomic E-state index is 13.0. The first-order valence-electron chi connectivity index (χ1n) is 13.3. The van der Waals surface area contributed by atoms with E-state index in [0.29, 0.717) is 17.7 Å². The van der Waals surface area contributed by atoms with Crippen molar-refractivity contribution in [3.8, 4) is 0 Å². The highest BCUT2D eigenvalue weighted by molar-refractivity contribution is 8.00. The monoisotopic (exact) mass is 687 g/mol. The quantitative estimate of drug-likeness (QED) is 0.0785. The van der Waals surface area contributed by atoms with Crippen LogP contribution in [0.1, 0.15) is 35.8 Å². The molecule has 0 unspecified atom stereocenters. The molecule has 4 rings (SSSR count). The van der Waals surface area contributed by atoms with E-state index < -0.39 is 41.3 Å². The number of halogens is 3. The SMILES string of the molecule is CCCCNC(=O)c1ccc[n+](CC2=C(C(=O)[O-])N3C(=O)[C@@H](NC(=O)/C(=N\OC)c4csc(N)n4)[C@H]3SC2)c1.O=C(O)C(F)(F)F. The minimum Gasteiger partial charge on any atom is -0.543 e. The molecule has 15 nitrogen and oxygen atoms in total. The summed E-state index contributed by atoms with van der Waals surface area (Å²) < 4.78 is 33.4. The number of rotatable bonds is 11. The fourth-order valence-electron chi connectivity index (χ4n) is 4.15. The van der Waals surface area contributed by atoms with Crippen molar-refractivity contribution < 1.29 is 56.8 Å². The standard InChI is InChI=1S/C24H27N7O6S2.C2HF3O2/c1-3-4-7-26-19(32)13-6-5-8-30(9-13)10-14-11-38-22-17(21(34)31(22)18(14)23(35)36)28-20(33)16(29-37-2)15-12-39-24(25)27-15;3-2(4,5)1(6)7/h5-6,8-9,12,17,22H,3-4,7,10-11H2,1-2H3,(H4-,25,26,27,28,32,33,35,36);(H,6,7)/b29-16-;/t17-,22-;/m1./s1. The molecule has 0 aromatic carbocycles. The summed E-state index contributed by atoms with van der Waals surface area (Å²) in [5, 5.41) is 29.5. The van der Waals surface area contributed by atoms with Gasteiger partial charge in [-0.15, -0.1) is 23.1 Å². The molecule has 2 atom stereocenters. The van der Waals surface area contributed by atoms with Crippen LogP contribution >= 0.6 is 23.1 Å². The van der Waals surface area contributed by atoms with E-state index in [-0.39, 0.29) is 40.4 Å². The van der Waals surface area contributed by atoms with Crippen molar-refractivity contribution >= 4 is 63.6 Å². The predicted molar refractivity (Wildman–Crippen MR) is 155 cm³/mol. The van der Waals surface area contributed by atoms with Crippen LogP contribution in [0.3, 0.4) is 0 Å². The smallest absolute Gasteiger partial charge is 0.490 e. The zero-order valence-corrected chi connectivity index (χ0v) is 25.8. The number of anilines is 1. The van der Waals surface area contributed by atoms with E-state index in [2.05, 4.69) is 20.8 Å². The van der Waals surface area contributed by atoms with Gasteiger partial charge in [0.2, 0.25) is 0 Å². The van der Waals surface area contributed by atoms with Crippen molar-refractivity contribution in [2.75, 3.05) is 25.1 Å². The fourth-order valence-corrected chi connectivity index (χ4v) is 6.03. The molecule has 5 N–H and O–H groups in total. The van der Waals surface area contributed by atoms with E-state index in [4.69, 9.17) is 20.5 Å². The van der Waals surface area contributed by atoms with Crippen LogP contribution < -0.4 is 26.0 Å². The number of fused-ring (bicyclic) bond motifs is 1. The Morgan fingerprint density at radius 1 is 1.33 bits per heavy atom. The third-order valence-electron chi connectivity index (χ3n) is 6.24. The van der Waals surface area contributed by atoms with E-state index in [9.17, 15) is 37.5 Å². The number of thiazole rings is 1. The molecular weight excluding hydrogens is 659 g/mol. The van der Waals surface area contributed by atoms with Gasteiger partial charge in [-0.2, -0.15) is 13.2 Å². The first-order valence-corrected chi connectivity index (χ1v) is 15.2. The number of aromatic nitrogens is 2. The number of hydrogen-bond acceptors (Lipinski definition) is 12. The number of carbonyl (C=O) groups excluding carboxylic acids is 4. The van der Waals surface area contributed by atoms with Crippen LogP contribution in [0, 0.1) is 0 Å². The molecule has 1 fully saturated rings. The van der Waals surface area contributed by atoms with Gasteiger partial charge >= 0.3 is 12.1 Å². The third kappa shape index (κ3) is 8.71. The van der Waals surface area contributed by atoms with Crippen LogP contribution in [-0.2, 0) is 30.6 Å². The van der Waals surface area contributed by atoms with E-state index in [1.54, 1.807) is 29.1 Å². The van der Waals surface area contributed by atoms with Gasteiger partial charge in [0.15, 0.2) is 29.8 Å². The minimum atomic E-state index is -5.08. The molecular formula is C26H28F3N7O8S2. The summed E-state index contributed by atoms with van der Waals surface area (Å²) in [6, 6.07) is 2.38. The first kappa shape index (κ1) is 35.8. The molecule has 4 heterocycles. The van der Waals surface area contributed by atoms with Gasteiger partial charge in [-0.3, -0.25) is 19.3 Å². The molecule has 248 valence electrons. The maximum Gasteiger partial charge on any atom is 0.490 e. The van der Waals surface area contributed by atoms with Crippen LogP contribution in [-0.4, -0.2) is 87.4 Å². The molecule has 2 aromatic rings. The number of hydrogen-bond donors (Lipinski definition) is 4. The summed E-state index contributed by atoms with van der Waals surface area (Å²) in [4.78, 5) is 69.3. The van der Waals surface area contributed by atoms with Crippen LogP contribution in [0.15, 0.2) is 46.3 Å².